The predicted molar refractivity (Wildman–Crippen MR) is 73.3 cm³/mol. The molecule has 2 heterocycles. The maximum Gasteiger partial charge on any atom is 0.243 e. The lowest BCUT2D eigenvalue weighted by Crippen LogP contribution is -2.26. The Kier molecular flexibility index (Phi) is 2.71. The highest BCUT2D eigenvalue weighted by atomic mass is 32.2. The van der Waals surface area contributed by atoms with Gasteiger partial charge in [0.25, 0.3) is 0 Å². The summed E-state index contributed by atoms with van der Waals surface area (Å²) >= 11 is 2.93. The number of phenolic OH excluding ortho intramolecular Hbond substituents is 1. The first kappa shape index (κ1) is 11.5. The average molecular weight is 279 g/mol. The third-order valence-electron chi connectivity index (χ3n) is 2.53. The van der Waals surface area contributed by atoms with Crippen molar-refractivity contribution in [1.29, 1.82) is 0 Å². The Morgan fingerprint density at radius 3 is 3.06 bits per heavy atom. The quantitative estimate of drug-likeness (QED) is 0.868. The second-order valence-electron chi connectivity index (χ2n) is 3.83. The van der Waals surface area contributed by atoms with Gasteiger partial charge >= 0.3 is 0 Å². The number of amides is 1. The van der Waals surface area contributed by atoms with Crippen molar-refractivity contribution in [1.82, 2.24) is 4.98 Å². The van der Waals surface area contributed by atoms with Crippen molar-refractivity contribution < 1.29 is 9.90 Å². The summed E-state index contributed by atoms with van der Waals surface area (Å²) in [4.78, 5) is 19.7. The molecule has 1 unspecified atom stereocenters. The number of fused-ring (bicyclic) bond motifs is 1. The van der Waals surface area contributed by atoms with Gasteiger partial charge in [-0.1, -0.05) is 0 Å². The molecule has 0 saturated heterocycles. The minimum Gasteiger partial charge on any atom is -0.508 e. The molecule has 18 heavy (non-hydrogen) atoms. The highest BCUT2D eigenvalue weighted by Crippen LogP contribution is 2.31. The van der Waals surface area contributed by atoms with E-state index in [2.05, 4.69) is 9.98 Å². The number of benzene rings is 1. The van der Waals surface area contributed by atoms with Gasteiger partial charge in [-0.25, -0.2) is 4.98 Å². The molecule has 0 bridgehead atoms. The molecule has 7 heteroatoms. The molecule has 0 fully saturated rings. The second kappa shape index (κ2) is 4.25. The maximum absolute atomic E-state index is 11.0. The third kappa shape index (κ3) is 1.95. The fourth-order valence-electron chi connectivity index (χ4n) is 1.64. The molecule has 5 nitrogen and oxygen atoms in total. The Balaban J connectivity index is 2.00. The number of nitrogens with zero attached hydrogens (tertiary/aromatic N) is 2. The summed E-state index contributed by atoms with van der Waals surface area (Å²) < 4.78 is 0.899. The molecule has 0 radical (unpaired) electrons. The summed E-state index contributed by atoms with van der Waals surface area (Å²) in [5, 5.41) is 10.9. The Bertz CT molecular complexity index is 665. The van der Waals surface area contributed by atoms with Crippen molar-refractivity contribution in [3.05, 3.63) is 23.2 Å². The molecule has 1 atom stereocenters. The van der Waals surface area contributed by atoms with Crippen LogP contribution in [0.4, 0.5) is 0 Å². The van der Waals surface area contributed by atoms with Gasteiger partial charge in [0, 0.05) is 5.75 Å². The first-order chi connectivity index (χ1) is 8.63. The normalized spacial score (nSPS) is 19.1. The zero-order valence-electron chi connectivity index (χ0n) is 9.16. The van der Waals surface area contributed by atoms with E-state index in [0.717, 1.165) is 20.3 Å². The number of carbonyl (C=O) groups is 1. The van der Waals surface area contributed by atoms with E-state index in [1.807, 2.05) is 0 Å². The van der Waals surface area contributed by atoms with Gasteiger partial charge in [0.2, 0.25) is 5.91 Å². The van der Waals surface area contributed by atoms with E-state index in [1.54, 1.807) is 18.2 Å². The summed E-state index contributed by atoms with van der Waals surface area (Å²) in [5.74, 6) is 0.385. The molecule has 1 aliphatic heterocycles. The monoisotopic (exact) mass is 279 g/mol. The highest BCUT2D eigenvalue weighted by Gasteiger charge is 2.25. The number of aromatic nitrogens is 1. The minimum absolute atomic E-state index is 0.216. The van der Waals surface area contributed by atoms with Crippen LogP contribution in [0.15, 0.2) is 23.2 Å². The van der Waals surface area contributed by atoms with Crippen LogP contribution in [0.1, 0.15) is 5.01 Å². The highest BCUT2D eigenvalue weighted by molar-refractivity contribution is 8.15. The molecule has 2 aromatic rings. The second-order valence-corrected chi connectivity index (χ2v) is 5.87. The van der Waals surface area contributed by atoms with Gasteiger partial charge in [-0.2, -0.15) is 0 Å². The van der Waals surface area contributed by atoms with Crippen LogP contribution < -0.4 is 5.73 Å². The maximum atomic E-state index is 11.0. The Morgan fingerprint density at radius 2 is 2.33 bits per heavy atom. The van der Waals surface area contributed by atoms with Gasteiger partial charge in [0.15, 0.2) is 0 Å². The van der Waals surface area contributed by atoms with Crippen LogP contribution in [0.5, 0.6) is 5.75 Å². The molecule has 3 N–H and O–H groups in total. The average Bonchev–Trinajstić information content (AvgIpc) is 2.93. The van der Waals surface area contributed by atoms with Crippen molar-refractivity contribution in [2.24, 2.45) is 10.7 Å². The molecular weight excluding hydrogens is 270 g/mol. The zero-order valence-corrected chi connectivity index (χ0v) is 10.8. The first-order valence-electron chi connectivity index (χ1n) is 5.23. The Labute approximate surface area is 111 Å². The number of rotatable bonds is 2. The molecular formula is C11H9N3O2S2. The number of nitrogens with two attached hydrogens (primary N) is 1. The van der Waals surface area contributed by atoms with Crippen molar-refractivity contribution >= 4 is 44.3 Å². The molecule has 0 saturated carbocycles. The number of thiazole rings is 1. The summed E-state index contributed by atoms with van der Waals surface area (Å²) in [7, 11) is 0. The zero-order chi connectivity index (χ0) is 12.7. The molecule has 1 aromatic carbocycles. The van der Waals surface area contributed by atoms with Crippen LogP contribution >= 0.6 is 23.1 Å². The predicted octanol–water partition coefficient (Wildman–Crippen LogP) is 1.35. The van der Waals surface area contributed by atoms with Crippen molar-refractivity contribution in [2.45, 2.75) is 6.04 Å². The summed E-state index contributed by atoms with van der Waals surface area (Å²) in [6.45, 7) is 0. The van der Waals surface area contributed by atoms with Gasteiger partial charge < -0.3 is 10.8 Å². The number of aliphatic imine (C=N–C) groups is 1. The number of primary amides is 1. The fraction of sp³-hybridized carbons (Fsp3) is 0.182. The van der Waals surface area contributed by atoms with Crippen LogP contribution in [0.25, 0.3) is 10.2 Å². The van der Waals surface area contributed by atoms with Crippen molar-refractivity contribution in [2.75, 3.05) is 5.75 Å². The number of phenols is 1. The van der Waals surface area contributed by atoms with E-state index < -0.39 is 11.9 Å². The van der Waals surface area contributed by atoms with Gasteiger partial charge in [0.1, 0.15) is 21.8 Å². The van der Waals surface area contributed by atoms with Crippen LogP contribution in [0.3, 0.4) is 0 Å². The molecule has 92 valence electrons. The van der Waals surface area contributed by atoms with Crippen LogP contribution in [-0.4, -0.2) is 32.8 Å². The molecule has 1 aliphatic rings. The lowest BCUT2D eigenvalue weighted by atomic mass is 10.3. The topological polar surface area (TPSA) is 88.6 Å². The van der Waals surface area contributed by atoms with Crippen LogP contribution in [-0.2, 0) is 4.79 Å². The lowest BCUT2D eigenvalue weighted by Gasteiger charge is -1.95. The summed E-state index contributed by atoms with van der Waals surface area (Å²) in [5.41, 5.74) is 6.04. The van der Waals surface area contributed by atoms with Crippen molar-refractivity contribution in [3.63, 3.8) is 0 Å². The molecule has 0 spiro atoms. The number of aromatic hydroxyl groups is 1. The van der Waals surface area contributed by atoms with E-state index in [1.165, 1.54) is 23.1 Å². The molecule has 0 aliphatic carbocycles. The van der Waals surface area contributed by atoms with Gasteiger partial charge in [-0.3, -0.25) is 9.79 Å². The van der Waals surface area contributed by atoms with Crippen molar-refractivity contribution in [3.8, 4) is 5.75 Å². The van der Waals surface area contributed by atoms with E-state index in [-0.39, 0.29) is 5.75 Å². The van der Waals surface area contributed by atoms with E-state index >= 15 is 0 Å². The summed E-state index contributed by atoms with van der Waals surface area (Å²) in [6, 6.07) is 4.57. The number of thioether (sulfide) groups is 1. The molecule has 1 aromatic heterocycles. The number of hydrogen-bond donors (Lipinski definition) is 2. The lowest BCUT2D eigenvalue weighted by molar-refractivity contribution is -0.118. The van der Waals surface area contributed by atoms with E-state index in [9.17, 15) is 9.90 Å². The smallest absolute Gasteiger partial charge is 0.243 e. The number of carbonyl (C=O) groups excluding carboxylic acids is 1. The van der Waals surface area contributed by atoms with Crippen LogP contribution in [0, 0.1) is 0 Å². The minimum atomic E-state index is -0.453. The van der Waals surface area contributed by atoms with E-state index in [0.29, 0.717) is 5.75 Å². The Morgan fingerprint density at radius 1 is 1.50 bits per heavy atom. The van der Waals surface area contributed by atoms with Gasteiger partial charge in [0.05, 0.1) is 10.2 Å². The van der Waals surface area contributed by atoms with Crippen LogP contribution in [0.2, 0.25) is 0 Å². The Hall–Kier alpha value is -1.60. The standard InChI is InChI=1S/C11H9N3O2S2/c12-9(16)7-4-17-10(14-7)11-13-6-2-1-5(15)3-8(6)18-11/h1-3,7,15H,4H2,(H2,12,16). The fourth-order valence-corrected chi connectivity index (χ4v) is 3.76. The molecule has 1 amide bonds. The van der Waals surface area contributed by atoms with Gasteiger partial charge in [-0.15, -0.1) is 23.1 Å². The summed E-state index contributed by atoms with van der Waals surface area (Å²) in [6.07, 6.45) is 0. The first-order valence-corrected chi connectivity index (χ1v) is 7.03. The van der Waals surface area contributed by atoms with E-state index in [4.69, 9.17) is 5.73 Å². The third-order valence-corrected chi connectivity index (χ3v) is 4.74. The van der Waals surface area contributed by atoms with Gasteiger partial charge in [-0.05, 0) is 18.2 Å². The molecule has 3 rings (SSSR count). The largest absolute Gasteiger partial charge is 0.508 e. The number of hydrogen-bond acceptors (Lipinski definition) is 6. The SMILES string of the molecule is NC(=O)C1CSC(c2nc3ccc(O)cc3s2)=N1.